The zero-order chi connectivity index (χ0) is 18.1. The van der Waals surface area contributed by atoms with Crippen molar-refractivity contribution in [1.29, 1.82) is 0 Å². The van der Waals surface area contributed by atoms with Crippen LogP contribution < -0.4 is 0 Å². The van der Waals surface area contributed by atoms with E-state index in [-0.39, 0.29) is 12.1 Å². The summed E-state index contributed by atoms with van der Waals surface area (Å²) in [7, 11) is 0. The maximum Gasteiger partial charge on any atom is 0.306 e. The second kappa shape index (κ2) is 10.0. The van der Waals surface area contributed by atoms with Crippen LogP contribution in [0.2, 0.25) is 0 Å². The Morgan fingerprint density at radius 3 is 2.04 bits per heavy atom. The quantitative estimate of drug-likeness (QED) is 0.386. The van der Waals surface area contributed by atoms with Crippen molar-refractivity contribution in [2.24, 2.45) is 0 Å². The van der Waals surface area contributed by atoms with Crippen molar-refractivity contribution >= 4 is 5.97 Å². The minimum Gasteiger partial charge on any atom is -0.458 e. The first kappa shape index (κ1) is 19.2. The zero-order valence-corrected chi connectivity index (χ0v) is 15.8. The summed E-state index contributed by atoms with van der Waals surface area (Å²) >= 11 is 0. The molecule has 0 bridgehead atoms. The van der Waals surface area contributed by atoms with Gasteiger partial charge in [0.15, 0.2) is 0 Å². The molecule has 2 heteroatoms. The first-order chi connectivity index (χ1) is 12.1. The molecule has 0 aliphatic rings. The Labute approximate surface area is 152 Å². The van der Waals surface area contributed by atoms with E-state index in [1.165, 1.54) is 36.0 Å². The average Bonchev–Trinajstić information content (AvgIpc) is 2.63. The number of unbranched alkanes of at least 4 members (excludes halogenated alkanes) is 2. The molecule has 0 N–H and O–H groups in total. The smallest absolute Gasteiger partial charge is 0.306 e. The molecule has 1 atom stereocenters. The lowest BCUT2D eigenvalue weighted by molar-refractivity contribution is -0.148. The van der Waals surface area contributed by atoms with E-state index in [1.54, 1.807) is 0 Å². The Balaban J connectivity index is 1.98. The molecular formula is C23H30O2. The molecule has 0 saturated heterocycles. The highest BCUT2D eigenvalue weighted by Gasteiger charge is 2.11. The van der Waals surface area contributed by atoms with Gasteiger partial charge in [0.25, 0.3) is 0 Å². The standard InChI is InChI=1S/C23H30O2/c1-4-6-7-9-19-10-12-21(13-11-19)22-16-14-20(15-17-22)18(3)25-23(24)8-5-2/h10-18H,4-9H2,1-3H3. The summed E-state index contributed by atoms with van der Waals surface area (Å²) in [6.45, 7) is 6.14. The molecule has 0 heterocycles. The van der Waals surface area contributed by atoms with E-state index >= 15 is 0 Å². The number of rotatable bonds is 9. The number of benzene rings is 2. The van der Waals surface area contributed by atoms with Crippen molar-refractivity contribution in [3.63, 3.8) is 0 Å². The van der Waals surface area contributed by atoms with Crippen molar-refractivity contribution < 1.29 is 9.53 Å². The number of carbonyl (C=O) groups excluding carboxylic acids is 1. The van der Waals surface area contributed by atoms with Gasteiger partial charge in [-0.15, -0.1) is 0 Å². The highest BCUT2D eigenvalue weighted by molar-refractivity contribution is 5.69. The van der Waals surface area contributed by atoms with Crippen LogP contribution in [0.3, 0.4) is 0 Å². The van der Waals surface area contributed by atoms with Gasteiger partial charge in [0, 0.05) is 6.42 Å². The number of carbonyl (C=O) groups is 1. The molecule has 0 saturated carbocycles. The lowest BCUT2D eigenvalue weighted by Gasteiger charge is -2.14. The third kappa shape index (κ3) is 6.04. The van der Waals surface area contributed by atoms with Gasteiger partial charge in [-0.2, -0.15) is 0 Å². The van der Waals surface area contributed by atoms with Gasteiger partial charge in [-0.1, -0.05) is 75.2 Å². The third-order valence-corrected chi connectivity index (χ3v) is 4.50. The van der Waals surface area contributed by atoms with Crippen LogP contribution >= 0.6 is 0 Å². The predicted octanol–water partition coefficient (Wildman–Crippen LogP) is 6.49. The fourth-order valence-electron chi connectivity index (χ4n) is 2.92. The normalized spacial score (nSPS) is 12.0. The largest absolute Gasteiger partial charge is 0.458 e. The molecule has 1 unspecified atom stereocenters. The Hall–Kier alpha value is -2.09. The van der Waals surface area contributed by atoms with Crippen LogP contribution in [0.1, 0.15) is 70.1 Å². The molecule has 0 aliphatic carbocycles. The van der Waals surface area contributed by atoms with Crippen LogP contribution in [0.15, 0.2) is 48.5 Å². The first-order valence-corrected chi connectivity index (χ1v) is 9.52. The highest BCUT2D eigenvalue weighted by atomic mass is 16.5. The Kier molecular flexibility index (Phi) is 7.72. The maximum atomic E-state index is 11.6. The second-order valence-electron chi connectivity index (χ2n) is 6.66. The van der Waals surface area contributed by atoms with Crippen molar-refractivity contribution in [2.45, 2.75) is 65.4 Å². The molecule has 2 nitrogen and oxygen atoms in total. The maximum absolute atomic E-state index is 11.6. The highest BCUT2D eigenvalue weighted by Crippen LogP contribution is 2.24. The predicted molar refractivity (Wildman–Crippen MR) is 105 cm³/mol. The average molecular weight is 338 g/mol. The van der Waals surface area contributed by atoms with E-state index in [0.29, 0.717) is 6.42 Å². The van der Waals surface area contributed by atoms with E-state index in [4.69, 9.17) is 4.74 Å². The molecule has 2 aromatic rings. The summed E-state index contributed by atoms with van der Waals surface area (Å²) in [6.07, 6.45) is 6.08. The molecule has 0 amide bonds. The van der Waals surface area contributed by atoms with Gasteiger partial charge >= 0.3 is 5.97 Å². The molecule has 0 fully saturated rings. The summed E-state index contributed by atoms with van der Waals surface area (Å²) in [5, 5.41) is 0. The van der Waals surface area contributed by atoms with Crippen LogP contribution in [-0.2, 0) is 16.0 Å². The van der Waals surface area contributed by atoms with Crippen molar-refractivity contribution in [3.05, 3.63) is 59.7 Å². The summed E-state index contributed by atoms with van der Waals surface area (Å²) in [4.78, 5) is 11.6. The van der Waals surface area contributed by atoms with Crippen LogP contribution in [-0.4, -0.2) is 5.97 Å². The van der Waals surface area contributed by atoms with Gasteiger partial charge in [0.2, 0.25) is 0 Å². The molecular weight excluding hydrogens is 308 g/mol. The molecule has 25 heavy (non-hydrogen) atoms. The molecule has 0 radical (unpaired) electrons. The fraction of sp³-hybridized carbons (Fsp3) is 0.435. The molecule has 134 valence electrons. The first-order valence-electron chi connectivity index (χ1n) is 9.52. The lowest BCUT2D eigenvalue weighted by atomic mass is 9.99. The van der Waals surface area contributed by atoms with Gasteiger partial charge in [-0.05, 0) is 48.4 Å². The minimum atomic E-state index is -0.200. The summed E-state index contributed by atoms with van der Waals surface area (Å²) in [5.74, 6) is -0.127. The number of esters is 1. The Bertz CT molecular complexity index is 641. The van der Waals surface area contributed by atoms with Crippen LogP contribution in [0.4, 0.5) is 0 Å². The van der Waals surface area contributed by atoms with Crippen molar-refractivity contribution in [3.8, 4) is 11.1 Å². The lowest BCUT2D eigenvalue weighted by Crippen LogP contribution is -2.08. The number of aryl methyl sites for hydroxylation is 1. The van der Waals surface area contributed by atoms with E-state index in [0.717, 1.165) is 18.4 Å². The Morgan fingerprint density at radius 2 is 1.48 bits per heavy atom. The summed E-state index contributed by atoms with van der Waals surface area (Å²) in [5.41, 5.74) is 4.85. The topological polar surface area (TPSA) is 26.3 Å². The zero-order valence-electron chi connectivity index (χ0n) is 15.8. The number of hydrogen-bond acceptors (Lipinski definition) is 2. The van der Waals surface area contributed by atoms with E-state index in [2.05, 4.69) is 43.3 Å². The van der Waals surface area contributed by atoms with Crippen LogP contribution in [0.25, 0.3) is 11.1 Å². The molecule has 0 aromatic heterocycles. The van der Waals surface area contributed by atoms with Crippen LogP contribution in [0.5, 0.6) is 0 Å². The molecule has 2 rings (SSSR count). The van der Waals surface area contributed by atoms with E-state index in [9.17, 15) is 4.79 Å². The van der Waals surface area contributed by atoms with E-state index < -0.39 is 0 Å². The summed E-state index contributed by atoms with van der Waals surface area (Å²) < 4.78 is 5.45. The minimum absolute atomic E-state index is 0.127. The fourth-order valence-corrected chi connectivity index (χ4v) is 2.92. The SMILES string of the molecule is CCCCCc1ccc(-c2ccc(C(C)OC(=O)CCC)cc2)cc1. The number of ether oxygens (including phenoxy) is 1. The van der Waals surface area contributed by atoms with Gasteiger partial charge in [0.1, 0.15) is 6.10 Å². The number of hydrogen-bond donors (Lipinski definition) is 0. The molecule has 0 spiro atoms. The van der Waals surface area contributed by atoms with Gasteiger partial charge in [0.05, 0.1) is 0 Å². The van der Waals surface area contributed by atoms with Crippen LogP contribution in [0, 0.1) is 0 Å². The molecule has 2 aromatic carbocycles. The monoisotopic (exact) mass is 338 g/mol. The van der Waals surface area contributed by atoms with E-state index in [1.807, 2.05) is 26.0 Å². The molecule has 0 aliphatic heterocycles. The Morgan fingerprint density at radius 1 is 0.880 bits per heavy atom. The summed E-state index contributed by atoms with van der Waals surface area (Å²) in [6, 6.07) is 17.2. The third-order valence-electron chi connectivity index (χ3n) is 4.50. The van der Waals surface area contributed by atoms with Crippen molar-refractivity contribution in [2.75, 3.05) is 0 Å². The van der Waals surface area contributed by atoms with Gasteiger partial charge in [-0.25, -0.2) is 0 Å². The van der Waals surface area contributed by atoms with Gasteiger partial charge in [-0.3, -0.25) is 4.79 Å². The second-order valence-corrected chi connectivity index (χ2v) is 6.66. The van der Waals surface area contributed by atoms with Gasteiger partial charge < -0.3 is 4.74 Å². The van der Waals surface area contributed by atoms with Crippen molar-refractivity contribution in [1.82, 2.24) is 0 Å².